The Kier molecular flexibility index (Phi) is 4.94. The van der Waals surface area contributed by atoms with Gasteiger partial charge < -0.3 is 5.11 Å². The maximum absolute atomic E-state index is 10.2. The first kappa shape index (κ1) is 14.2. The van der Waals surface area contributed by atoms with Gasteiger partial charge in [-0.1, -0.05) is 17.9 Å². The fourth-order valence-corrected chi connectivity index (χ4v) is 2.68. The smallest absolute Gasteiger partial charge is 0.237 e. The fraction of sp³-hybridized carbons (Fsp3) is 1.00. The van der Waals surface area contributed by atoms with E-state index >= 15 is 0 Å². The molecule has 0 radical (unpaired) electrons. The van der Waals surface area contributed by atoms with Crippen molar-refractivity contribution in [3.05, 3.63) is 0 Å². The molecule has 2 aliphatic rings. The van der Waals surface area contributed by atoms with Gasteiger partial charge in [-0.25, -0.2) is 5.26 Å². The van der Waals surface area contributed by atoms with Crippen LogP contribution in [-0.2, 0) is 19.7 Å². The van der Waals surface area contributed by atoms with Crippen molar-refractivity contribution in [3.63, 3.8) is 0 Å². The van der Waals surface area contributed by atoms with Gasteiger partial charge in [0.1, 0.15) is 0 Å². The van der Waals surface area contributed by atoms with Crippen molar-refractivity contribution in [2.24, 2.45) is 0 Å². The molecule has 2 saturated carbocycles. The number of rotatable bonds is 5. The Balaban J connectivity index is 1.88. The number of hydrogen-bond acceptors (Lipinski definition) is 6. The van der Waals surface area contributed by atoms with Gasteiger partial charge in [0.25, 0.3) is 0 Å². The van der Waals surface area contributed by atoms with Gasteiger partial charge in [0.2, 0.25) is 5.79 Å². The molecule has 2 rings (SSSR count). The van der Waals surface area contributed by atoms with Gasteiger partial charge in [-0.05, 0) is 25.7 Å². The Morgan fingerprint density at radius 1 is 0.667 bits per heavy atom. The molecule has 0 aromatic carbocycles. The predicted octanol–water partition coefficient (Wildman–Crippen LogP) is 2.67. The zero-order valence-electron chi connectivity index (χ0n) is 10.6. The third kappa shape index (κ3) is 3.63. The van der Waals surface area contributed by atoms with E-state index < -0.39 is 11.6 Å². The van der Waals surface area contributed by atoms with Gasteiger partial charge in [0.05, 0.1) is 0 Å². The number of hydrogen-bond donors (Lipinski definition) is 2. The SMILES string of the molecule is OOOC1(OOC2(O)CCCCC2)CCCCC1. The molecule has 6 nitrogen and oxygen atoms in total. The van der Waals surface area contributed by atoms with Crippen LogP contribution in [0.1, 0.15) is 64.2 Å². The average Bonchev–Trinajstić information content (AvgIpc) is 2.39. The summed E-state index contributed by atoms with van der Waals surface area (Å²) in [6.07, 6.45) is 8.11. The highest BCUT2D eigenvalue weighted by Gasteiger charge is 2.41. The maximum Gasteiger partial charge on any atom is 0.237 e. The summed E-state index contributed by atoms with van der Waals surface area (Å²) in [6.45, 7) is 0. The molecule has 18 heavy (non-hydrogen) atoms. The molecule has 0 aromatic heterocycles. The Hall–Kier alpha value is -0.240. The van der Waals surface area contributed by atoms with Crippen molar-refractivity contribution >= 4 is 0 Å². The largest absolute Gasteiger partial charge is 0.363 e. The lowest BCUT2D eigenvalue weighted by atomic mass is 9.94. The molecule has 0 bridgehead atoms. The summed E-state index contributed by atoms with van der Waals surface area (Å²) >= 11 is 0. The normalized spacial score (nSPS) is 27.0. The summed E-state index contributed by atoms with van der Waals surface area (Å²) in [7, 11) is 0. The van der Waals surface area contributed by atoms with Crippen LogP contribution >= 0.6 is 0 Å². The van der Waals surface area contributed by atoms with Crippen LogP contribution in [0, 0.1) is 0 Å². The fourth-order valence-electron chi connectivity index (χ4n) is 2.68. The highest BCUT2D eigenvalue weighted by atomic mass is 17.5. The summed E-state index contributed by atoms with van der Waals surface area (Å²) in [5, 5.41) is 22.4. The van der Waals surface area contributed by atoms with Crippen LogP contribution < -0.4 is 0 Å². The molecule has 0 amide bonds. The van der Waals surface area contributed by atoms with E-state index in [-0.39, 0.29) is 0 Å². The molecule has 0 heterocycles. The molecule has 106 valence electrons. The molecule has 2 N–H and O–H groups in total. The zero-order valence-corrected chi connectivity index (χ0v) is 10.6. The molecule has 0 aliphatic heterocycles. The second-order valence-corrected chi connectivity index (χ2v) is 5.30. The van der Waals surface area contributed by atoms with Gasteiger partial charge in [-0.2, -0.15) is 14.7 Å². The molecule has 0 unspecified atom stereocenters. The third-order valence-electron chi connectivity index (χ3n) is 3.79. The second-order valence-electron chi connectivity index (χ2n) is 5.30. The van der Waals surface area contributed by atoms with E-state index in [0.29, 0.717) is 25.7 Å². The number of aliphatic hydroxyl groups is 1. The molecular formula is C12H22O6. The van der Waals surface area contributed by atoms with Crippen molar-refractivity contribution in [2.75, 3.05) is 0 Å². The van der Waals surface area contributed by atoms with Crippen molar-refractivity contribution < 1.29 is 30.1 Å². The van der Waals surface area contributed by atoms with Gasteiger partial charge in [-0.15, -0.1) is 0 Å². The van der Waals surface area contributed by atoms with Crippen LogP contribution in [0.3, 0.4) is 0 Å². The van der Waals surface area contributed by atoms with Gasteiger partial charge in [0, 0.05) is 25.7 Å². The summed E-state index contributed by atoms with van der Waals surface area (Å²) in [5.41, 5.74) is 0. The third-order valence-corrected chi connectivity index (χ3v) is 3.79. The monoisotopic (exact) mass is 262 g/mol. The van der Waals surface area contributed by atoms with E-state index in [1.54, 1.807) is 0 Å². The molecule has 2 fully saturated rings. The minimum atomic E-state index is -1.23. The summed E-state index contributed by atoms with van der Waals surface area (Å²) in [4.78, 5) is 15.3. The van der Waals surface area contributed by atoms with Crippen LogP contribution in [-0.4, -0.2) is 21.9 Å². The van der Waals surface area contributed by atoms with E-state index in [2.05, 4.69) is 5.04 Å². The molecule has 2 aliphatic carbocycles. The second kappa shape index (κ2) is 6.27. The quantitative estimate of drug-likeness (QED) is 0.450. The van der Waals surface area contributed by atoms with Crippen LogP contribution in [0.5, 0.6) is 0 Å². The van der Waals surface area contributed by atoms with Gasteiger partial charge >= 0.3 is 0 Å². The first-order valence-corrected chi connectivity index (χ1v) is 6.77. The molecule has 0 atom stereocenters. The first-order chi connectivity index (χ1) is 8.68. The lowest BCUT2D eigenvalue weighted by molar-refractivity contribution is -0.612. The Bertz CT molecular complexity index is 239. The Labute approximate surface area is 107 Å². The summed E-state index contributed by atoms with van der Waals surface area (Å²) in [6, 6.07) is 0. The Morgan fingerprint density at radius 2 is 1.22 bits per heavy atom. The molecule has 6 heteroatoms. The standard InChI is InChI=1S/C12H22O6/c13-11(7-3-1-4-8-11)15-16-12(17-18-14)9-5-2-6-10-12/h13-14H,1-10H2. The lowest BCUT2D eigenvalue weighted by Crippen LogP contribution is -2.43. The van der Waals surface area contributed by atoms with E-state index in [1.807, 2.05) is 0 Å². The molecule has 0 saturated heterocycles. The topological polar surface area (TPSA) is 77.4 Å². The lowest BCUT2D eigenvalue weighted by Gasteiger charge is -2.37. The zero-order chi connectivity index (χ0) is 12.9. The van der Waals surface area contributed by atoms with Crippen LogP contribution in [0.25, 0.3) is 0 Å². The van der Waals surface area contributed by atoms with E-state index in [1.165, 1.54) is 0 Å². The Morgan fingerprint density at radius 3 is 1.78 bits per heavy atom. The van der Waals surface area contributed by atoms with Crippen LogP contribution in [0.2, 0.25) is 0 Å². The molecular weight excluding hydrogens is 240 g/mol. The maximum atomic E-state index is 10.2. The minimum Gasteiger partial charge on any atom is -0.363 e. The van der Waals surface area contributed by atoms with Crippen LogP contribution in [0.4, 0.5) is 0 Å². The minimum absolute atomic E-state index is 0.559. The van der Waals surface area contributed by atoms with Crippen molar-refractivity contribution in [2.45, 2.75) is 75.8 Å². The summed E-state index contributed by atoms with van der Waals surface area (Å²) in [5.74, 6) is -2.33. The summed E-state index contributed by atoms with van der Waals surface area (Å²) < 4.78 is 0. The average molecular weight is 262 g/mol. The predicted molar refractivity (Wildman–Crippen MR) is 60.8 cm³/mol. The van der Waals surface area contributed by atoms with Crippen molar-refractivity contribution in [3.8, 4) is 0 Å². The van der Waals surface area contributed by atoms with Gasteiger partial charge in [-0.3, -0.25) is 0 Å². The van der Waals surface area contributed by atoms with Crippen molar-refractivity contribution in [1.82, 2.24) is 0 Å². The highest BCUT2D eigenvalue weighted by Crippen LogP contribution is 2.36. The van der Waals surface area contributed by atoms with Crippen LogP contribution in [0.15, 0.2) is 0 Å². The van der Waals surface area contributed by atoms with E-state index in [9.17, 15) is 5.11 Å². The van der Waals surface area contributed by atoms with Crippen molar-refractivity contribution in [1.29, 1.82) is 0 Å². The van der Waals surface area contributed by atoms with Gasteiger partial charge in [0.15, 0.2) is 5.79 Å². The first-order valence-electron chi connectivity index (χ1n) is 6.77. The van der Waals surface area contributed by atoms with E-state index in [4.69, 9.17) is 19.9 Å². The molecule has 0 spiro atoms. The van der Waals surface area contributed by atoms with E-state index in [0.717, 1.165) is 38.5 Å². The highest BCUT2D eigenvalue weighted by molar-refractivity contribution is 4.75. The molecule has 0 aromatic rings.